The van der Waals surface area contributed by atoms with Crippen molar-refractivity contribution in [2.24, 2.45) is 0 Å². The molecule has 196 valence electrons. The molecule has 0 aliphatic rings. The molecular formula is C29H48N2O3S+2. The number of hydrogen-bond donors (Lipinski definition) is 1. The second-order valence-electron chi connectivity index (χ2n) is 9.89. The van der Waals surface area contributed by atoms with E-state index in [1.54, 1.807) is 0 Å². The quantitative estimate of drug-likeness (QED) is 0.124. The van der Waals surface area contributed by atoms with E-state index < -0.39 is 10.1 Å². The Morgan fingerprint density at radius 3 is 1.29 bits per heavy atom. The standard InChI is InChI=1S/C29H47N2O3S/c1-2-3-4-5-6-7-8-9-10-11-12-13-14-15-21-30-23-17-28(18-24-30)29-19-25-31(26-20-29)22-16-27-35(32,33)34/h17-20,23-26H,2-16,21-22,27H2,1H3/q+1/p+1. The average molecular weight is 505 g/mol. The van der Waals surface area contributed by atoms with Crippen molar-refractivity contribution in [2.75, 3.05) is 5.75 Å². The van der Waals surface area contributed by atoms with Gasteiger partial charge in [-0.2, -0.15) is 8.42 Å². The summed E-state index contributed by atoms with van der Waals surface area (Å²) in [5.41, 5.74) is 2.31. The van der Waals surface area contributed by atoms with Gasteiger partial charge in [0.15, 0.2) is 24.8 Å². The monoisotopic (exact) mass is 504 g/mol. The highest BCUT2D eigenvalue weighted by Crippen LogP contribution is 2.16. The van der Waals surface area contributed by atoms with Gasteiger partial charge in [-0.15, -0.1) is 0 Å². The van der Waals surface area contributed by atoms with Gasteiger partial charge < -0.3 is 0 Å². The highest BCUT2D eigenvalue weighted by molar-refractivity contribution is 7.85. The van der Waals surface area contributed by atoms with Gasteiger partial charge in [0, 0.05) is 37.1 Å². The minimum atomic E-state index is -3.89. The summed E-state index contributed by atoms with van der Waals surface area (Å²) in [4.78, 5) is 0. The fourth-order valence-electron chi connectivity index (χ4n) is 4.52. The molecule has 2 rings (SSSR count). The molecule has 35 heavy (non-hydrogen) atoms. The van der Waals surface area contributed by atoms with Crippen LogP contribution in [-0.2, 0) is 23.2 Å². The molecular weight excluding hydrogens is 456 g/mol. The first-order valence-corrected chi connectivity index (χ1v) is 15.5. The van der Waals surface area contributed by atoms with Crippen molar-refractivity contribution < 1.29 is 22.1 Å². The zero-order valence-corrected chi connectivity index (χ0v) is 22.7. The van der Waals surface area contributed by atoms with Gasteiger partial charge in [0.05, 0.1) is 5.75 Å². The number of pyridine rings is 2. The summed E-state index contributed by atoms with van der Waals surface area (Å²) in [5.74, 6) is -0.209. The van der Waals surface area contributed by atoms with Crippen molar-refractivity contribution in [3.8, 4) is 11.1 Å². The zero-order chi connectivity index (χ0) is 25.2. The molecule has 0 radical (unpaired) electrons. The van der Waals surface area contributed by atoms with Crippen LogP contribution < -0.4 is 9.13 Å². The predicted octanol–water partition coefficient (Wildman–Crippen LogP) is 6.69. The third-order valence-electron chi connectivity index (χ3n) is 6.70. The maximum absolute atomic E-state index is 10.8. The molecule has 2 aromatic heterocycles. The lowest BCUT2D eigenvalue weighted by Gasteiger charge is -2.03. The molecule has 0 aliphatic carbocycles. The van der Waals surface area contributed by atoms with Crippen molar-refractivity contribution in [2.45, 2.75) is 116 Å². The van der Waals surface area contributed by atoms with Gasteiger partial charge in [0.1, 0.15) is 13.1 Å². The van der Waals surface area contributed by atoms with E-state index >= 15 is 0 Å². The van der Waals surface area contributed by atoms with E-state index in [1.807, 2.05) is 29.1 Å². The maximum atomic E-state index is 10.8. The Bertz CT molecular complexity index is 897. The van der Waals surface area contributed by atoms with Crippen LogP contribution in [0.25, 0.3) is 11.1 Å². The van der Waals surface area contributed by atoms with E-state index in [2.05, 4.69) is 36.0 Å². The number of nitrogens with zero attached hydrogens (tertiary/aromatic N) is 2. The Labute approximate surface area is 214 Å². The average Bonchev–Trinajstić information content (AvgIpc) is 2.84. The van der Waals surface area contributed by atoms with Crippen LogP contribution in [0.1, 0.15) is 103 Å². The Morgan fingerprint density at radius 2 is 0.914 bits per heavy atom. The normalized spacial score (nSPS) is 11.7. The van der Waals surface area contributed by atoms with Crippen LogP contribution in [0, 0.1) is 0 Å². The molecule has 0 bridgehead atoms. The summed E-state index contributed by atoms with van der Waals surface area (Å²) in [6.07, 6.45) is 28.0. The minimum absolute atomic E-state index is 0.209. The van der Waals surface area contributed by atoms with E-state index in [-0.39, 0.29) is 5.75 Å². The smallest absolute Gasteiger partial charge is 0.265 e. The Balaban J connectivity index is 1.53. The topological polar surface area (TPSA) is 62.1 Å². The largest absolute Gasteiger partial charge is 0.286 e. The van der Waals surface area contributed by atoms with Crippen molar-refractivity contribution in [1.29, 1.82) is 0 Å². The second kappa shape index (κ2) is 17.6. The van der Waals surface area contributed by atoms with Crippen molar-refractivity contribution >= 4 is 10.1 Å². The van der Waals surface area contributed by atoms with E-state index in [0.717, 1.165) is 12.1 Å². The summed E-state index contributed by atoms with van der Waals surface area (Å²) in [7, 11) is -3.89. The first-order valence-electron chi connectivity index (χ1n) is 13.9. The first-order chi connectivity index (χ1) is 17.0. The summed E-state index contributed by atoms with van der Waals surface area (Å²) < 4.78 is 34.7. The van der Waals surface area contributed by atoms with E-state index in [1.165, 1.54) is 95.5 Å². The molecule has 0 spiro atoms. The number of aromatic nitrogens is 2. The van der Waals surface area contributed by atoms with Gasteiger partial charge >= 0.3 is 0 Å². The molecule has 0 amide bonds. The lowest BCUT2D eigenvalue weighted by Crippen LogP contribution is -2.33. The number of rotatable bonds is 20. The zero-order valence-electron chi connectivity index (χ0n) is 21.9. The molecule has 0 saturated heterocycles. The molecule has 2 heterocycles. The molecule has 1 N–H and O–H groups in total. The summed E-state index contributed by atoms with van der Waals surface area (Å²) in [5, 5.41) is 0. The third kappa shape index (κ3) is 14.4. The SMILES string of the molecule is CCCCCCCCCCCCCCCC[n+]1ccc(-c2cc[n+](CCCS(=O)(=O)O)cc2)cc1. The Hall–Kier alpha value is -1.79. The predicted molar refractivity (Wildman–Crippen MR) is 144 cm³/mol. The van der Waals surface area contributed by atoms with E-state index in [9.17, 15) is 8.42 Å². The van der Waals surface area contributed by atoms with Crippen molar-refractivity contribution in [3.63, 3.8) is 0 Å². The Kier molecular flexibility index (Phi) is 14.8. The van der Waals surface area contributed by atoms with Crippen LogP contribution in [-0.4, -0.2) is 18.7 Å². The number of unbranched alkanes of at least 4 members (excludes halogenated alkanes) is 13. The van der Waals surface area contributed by atoms with Gasteiger partial charge in [-0.3, -0.25) is 4.55 Å². The number of hydrogen-bond acceptors (Lipinski definition) is 2. The first kappa shape index (κ1) is 29.4. The molecule has 6 heteroatoms. The number of aryl methyl sites for hydroxylation is 2. The summed E-state index contributed by atoms with van der Waals surface area (Å²) in [6.45, 7) is 3.91. The highest BCUT2D eigenvalue weighted by atomic mass is 32.2. The summed E-state index contributed by atoms with van der Waals surface area (Å²) >= 11 is 0. The van der Waals surface area contributed by atoms with E-state index in [4.69, 9.17) is 4.55 Å². The maximum Gasteiger partial charge on any atom is 0.265 e. The van der Waals surface area contributed by atoms with Gasteiger partial charge in [-0.25, -0.2) is 9.13 Å². The van der Waals surface area contributed by atoms with Crippen LogP contribution in [0.2, 0.25) is 0 Å². The van der Waals surface area contributed by atoms with Crippen molar-refractivity contribution in [3.05, 3.63) is 49.1 Å². The highest BCUT2D eigenvalue weighted by Gasteiger charge is 2.09. The molecule has 0 fully saturated rings. The van der Waals surface area contributed by atoms with Gasteiger partial charge in [0.25, 0.3) is 10.1 Å². The fourth-order valence-corrected chi connectivity index (χ4v) is 5.01. The van der Waals surface area contributed by atoms with Crippen LogP contribution in [0.4, 0.5) is 0 Å². The van der Waals surface area contributed by atoms with Crippen LogP contribution in [0.5, 0.6) is 0 Å². The van der Waals surface area contributed by atoms with Crippen LogP contribution >= 0.6 is 0 Å². The lowest BCUT2D eigenvalue weighted by atomic mass is 10.0. The molecule has 0 aromatic carbocycles. The molecule has 0 unspecified atom stereocenters. The minimum Gasteiger partial charge on any atom is -0.286 e. The lowest BCUT2D eigenvalue weighted by molar-refractivity contribution is -0.697. The van der Waals surface area contributed by atoms with Gasteiger partial charge in [-0.1, -0.05) is 84.0 Å². The fraction of sp³-hybridized carbons (Fsp3) is 0.655. The van der Waals surface area contributed by atoms with Crippen LogP contribution in [0.3, 0.4) is 0 Å². The molecule has 5 nitrogen and oxygen atoms in total. The molecule has 0 saturated carbocycles. The Morgan fingerprint density at radius 1 is 0.571 bits per heavy atom. The molecule has 0 aliphatic heterocycles. The molecule has 2 aromatic rings. The third-order valence-corrected chi connectivity index (χ3v) is 7.51. The van der Waals surface area contributed by atoms with Gasteiger partial charge in [-0.05, 0) is 17.5 Å². The second-order valence-corrected chi connectivity index (χ2v) is 11.5. The molecule has 0 atom stereocenters. The van der Waals surface area contributed by atoms with Crippen molar-refractivity contribution in [1.82, 2.24) is 0 Å². The van der Waals surface area contributed by atoms with Gasteiger partial charge in [0.2, 0.25) is 0 Å². The van der Waals surface area contributed by atoms with Crippen LogP contribution in [0.15, 0.2) is 49.1 Å². The van der Waals surface area contributed by atoms with E-state index in [0.29, 0.717) is 13.0 Å². The summed E-state index contributed by atoms with van der Waals surface area (Å²) in [6, 6.07) is 8.39.